The van der Waals surface area contributed by atoms with Crippen LogP contribution < -0.4 is 5.32 Å². The van der Waals surface area contributed by atoms with Gasteiger partial charge in [-0.25, -0.2) is 0 Å². The molecule has 0 saturated heterocycles. The van der Waals surface area contributed by atoms with E-state index in [9.17, 15) is 4.79 Å². The van der Waals surface area contributed by atoms with Crippen LogP contribution in [0.3, 0.4) is 0 Å². The number of fused-ring (bicyclic) bond motifs is 1. The summed E-state index contributed by atoms with van der Waals surface area (Å²) in [5.41, 5.74) is 3.13. The largest absolute Gasteiger partial charge is 0.309 e. The molecule has 1 aliphatic carbocycles. The van der Waals surface area contributed by atoms with Gasteiger partial charge >= 0.3 is 0 Å². The molecule has 2 aromatic rings. The number of aromatic nitrogens is 2. The first kappa shape index (κ1) is 16.3. The van der Waals surface area contributed by atoms with Gasteiger partial charge in [-0.2, -0.15) is 10.4 Å². The van der Waals surface area contributed by atoms with Crippen LogP contribution in [0.25, 0.3) is 0 Å². The maximum atomic E-state index is 12.8. The van der Waals surface area contributed by atoms with Crippen LogP contribution in [-0.2, 0) is 24.2 Å². The van der Waals surface area contributed by atoms with Crippen molar-refractivity contribution in [1.29, 1.82) is 5.26 Å². The number of amides is 1. The highest BCUT2D eigenvalue weighted by molar-refractivity contribution is 5.94. The zero-order valence-electron chi connectivity index (χ0n) is 14.2. The van der Waals surface area contributed by atoms with Crippen LogP contribution in [0.5, 0.6) is 0 Å². The van der Waals surface area contributed by atoms with E-state index in [1.54, 1.807) is 4.68 Å². The number of carbonyl (C=O) groups is 1. The molecular weight excluding hydrogens is 300 g/mol. The van der Waals surface area contributed by atoms with Gasteiger partial charge < -0.3 is 5.32 Å². The Morgan fingerprint density at radius 3 is 2.92 bits per heavy atom. The van der Waals surface area contributed by atoms with Gasteiger partial charge in [0, 0.05) is 11.8 Å². The Balaban J connectivity index is 1.72. The lowest BCUT2D eigenvalue weighted by Crippen LogP contribution is -2.38. The van der Waals surface area contributed by atoms with Crippen LogP contribution in [0.2, 0.25) is 0 Å². The number of nitriles is 1. The van der Waals surface area contributed by atoms with Crippen molar-refractivity contribution in [2.45, 2.75) is 46.1 Å². The highest BCUT2D eigenvalue weighted by Crippen LogP contribution is 2.36. The molecule has 5 heteroatoms. The summed E-state index contributed by atoms with van der Waals surface area (Å²) in [5, 5.41) is 16.1. The van der Waals surface area contributed by atoms with Gasteiger partial charge in [-0.1, -0.05) is 31.2 Å². The van der Waals surface area contributed by atoms with E-state index in [-0.39, 0.29) is 5.91 Å². The highest BCUT2D eigenvalue weighted by atomic mass is 16.2. The molecule has 0 bridgehead atoms. The van der Waals surface area contributed by atoms with Gasteiger partial charge in [0.1, 0.15) is 0 Å². The average molecular weight is 322 g/mol. The van der Waals surface area contributed by atoms with Gasteiger partial charge in [0.25, 0.3) is 0 Å². The number of anilines is 1. The molecule has 5 nitrogen and oxygen atoms in total. The van der Waals surface area contributed by atoms with Crippen molar-refractivity contribution < 1.29 is 4.79 Å². The summed E-state index contributed by atoms with van der Waals surface area (Å²) in [7, 11) is 0. The van der Waals surface area contributed by atoms with Crippen LogP contribution in [0.4, 0.5) is 5.82 Å². The fraction of sp³-hybridized carbons (Fsp3) is 0.421. The van der Waals surface area contributed by atoms with E-state index >= 15 is 0 Å². The van der Waals surface area contributed by atoms with Crippen molar-refractivity contribution in [3.63, 3.8) is 0 Å². The Bertz CT molecular complexity index is 802. The molecule has 0 fully saturated rings. The molecule has 1 aromatic heterocycles. The molecule has 0 aliphatic heterocycles. The van der Waals surface area contributed by atoms with E-state index in [1.807, 2.05) is 26.0 Å². The van der Waals surface area contributed by atoms with Gasteiger partial charge in [-0.15, -0.1) is 0 Å². The van der Waals surface area contributed by atoms with Crippen molar-refractivity contribution in [2.75, 3.05) is 5.32 Å². The minimum Gasteiger partial charge on any atom is -0.309 e. The SMILES string of the molecule is Cc1cc(NC(=O)C2(C)CCc3ccccc3C2)nn1CCC#N. The molecule has 1 aromatic carbocycles. The van der Waals surface area contributed by atoms with Crippen LogP contribution >= 0.6 is 0 Å². The third-order valence-corrected chi connectivity index (χ3v) is 4.85. The Morgan fingerprint density at radius 1 is 1.42 bits per heavy atom. The maximum absolute atomic E-state index is 12.8. The number of hydrogen-bond donors (Lipinski definition) is 1. The quantitative estimate of drug-likeness (QED) is 0.939. The molecule has 1 N–H and O–H groups in total. The summed E-state index contributed by atoms with van der Waals surface area (Å²) < 4.78 is 1.76. The number of aryl methyl sites for hydroxylation is 3. The van der Waals surface area contributed by atoms with Crippen LogP contribution in [0.1, 0.15) is 36.6 Å². The molecular formula is C19H22N4O. The van der Waals surface area contributed by atoms with Crippen molar-refractivity contribution in [3.8, 4) is 6.07 Å². The summed E-state index contributed by atoms with van der Waals surface area (Å²) in [6, 6.07) is 12.3. The van der Waals surface area contributed by atoms with E-state index in [2.05, 4.69) is 34.7 Å². The van der Waals surface area contributed by atoms with Crippen LogP contribution in [0.15, 0.2) is 30.3 Å². The standard InChI is InChI=1S/C19H22N4O/c1-14-12-17(22-23(14)11-5-10-20)21-18(24)19(2)9-8-15-6-3-4-7-16(15)13-19/h3-4,6-7,12H,5,8-9,11,13H2,1-2H3,(H,21,22,24). The van der Waals surface area contributed by atoms with E-state index in [4.69, 9.17) is 5.26 Å². The Hall–Kier alpha value is -2.61. The maximum Gasteiger partial charge on any atom is 0.231 e. The minimum absolute atomic E-state index is 0.0157. The Labute approximate surface area is 142 Å². The second-order valence-electron chi connectivity index (χ2n) is 6.76. The first-order chi connectivity index (χ1) is 11.5. The number of nitrogens with one attached hydrogen (secondary N) is 1. The summed E-state index contributed by atoms with van der Waals surface area (Å²) >= 11 is 0. The van der Waals surface area contributed by atoms with Gasteiger partial charge in [0.05, 0.1) is 24.4 Å². The van der Waals surface area contributed by atoms with E-state index in [1.165, 1.54) is 11.1 Å². The summed E-state index contributed by atoms with van der Waals surface area (Å²) in [6.07, 6.45) is 2.92. The number of hydrogen-bond acceptors (Lipinski definition) is 3. The number of benzene rings is 1. The second-order valence-corrected chi connectivity index (χ2v) is 6.76. The molecule has 0 radical (unpaired) electrons. The zero-order valence-corrected chi connectivity index (χ0v) is 14.2. The fourth-order valence-corrected chi connectivity index (χ4v) is 3.31. The second kappa shape index (κ2) is 6.48. The van der Waals surface area contributed by atoms with Crippen molar-refractivity contribution in [1.82, 2.24) is 9.78 Å². The van der Waals surface area contributed by atoms with E-state index in [0.29, 0.717) is 18.8 Å². The number of rotatable bonds is 4. The minimum atomic E-state index is -0.418. The lowest BCUT2D eigenvalue weighted by Gasteiger charge is -2.33. The van der Waals surface area contributed by atoms with Gasteiger partial charge in [0.15, 0.2) is 5.82 Å². The van der Waals surface area contributed by atoms with Crippen LogP contribution in [-0.4, -0.2) is 15.7 Å². The van der Waals surface area contributed by atoms with Gasteiger partial charge in [-0.05, 0) is 37.3 Å². The number of carbonyl (C=O) groups excluding carboxylic acids is 1. The molecule has 1 heterocycles. The topological polar surface area (TPSA) is 70.7 Å². The predicted octanol–water partition coefficient (Wildman–Crippen LogP) is 3.24. The van der Waals surface area contributed by atoms with Crippen molar-refractivity contribution >= 4 is 11.7 Å². The molecule has 124 valence electrons. The van der Waals surface area contributed by atoms with E-state index < -0.39 is 5.41 Å². The molecule has 1 amide bonds. The lowest BCUT2D eigenvalue weighted by molar-refractivity contribution is -0.125. The van der Waals surface area contributed by atoms with E-state index in [0.717, 1.165) is 25.0 Å². The fourth-order valence-electron chi connectivity index (χ4n) is 3.31. The van der Waals surface area contributed by atoms with Crippen molar-refractivity contribution in [2.24, 2.45) is 5.41 Å². The Kier molecular flexibility index (Phi) is 4.39. The molecule has 0 spiro atoms. The molecule has 3 rings (SSSR count). The van der Waals surface area contributed by atoms with Gasteiger partial charge in [-0.3, -0.25) is 9.48 Å². The monoisotopic (exact) mass is 322 g/mol. The molecule has 1 atom stereocenters. The third-order valence-electron chi connectivity index (χ3n) is 4.85. The first-order valence-corrected chi connectivity index (χ1v) is 8.31. The summed E-state index contributed by atoms with van der Waals surface area (Å²) in [5.74, 6) is 0.581. The summed E-state index contributed by atoms with van der Waals surface area (Å²) in [4.78, 5) is 12.8. The van der Waals surface area contributed by atoms with Crippen LogP contribution in [0, 0.1) is 23.7 Å². The molecule has 1 unspecified atom stereocenters. The normalized spacial score (nSPS) is 19.4. The van der Waals surface area contributed by atoms with Crippen molar-refractivity contribution in [3.05, 3.63) is 47.2 Å². The molecule has 24 heavy (non-hydrogen) atoms. The first-order valence-electron chi connectivity index (χ1n) is 8.31. The average Bonchev–Trinajstić information content (AvgIpc) is 2.92. The Morgan fingerprint density at radius 2 is 2.17 bits per heavy atom. The third kappa shape index (κ3) is 3.18. The number of nitrogens with zero attached hydrogens (tertiary/aromatic N) is 3. The predicted molar refractivity (Wildman–Crippen MR) is 92.4 cm³/mol. The smallest absolute Gasteiger partial charge is 0.231 e. The summed E-state index contributed by atoms with van der Waals surface area (Å²) in [6.45, 7) is 4.50. The highest BCUT2D eigenvalue weighted by Gasteiger charge is 2.37. The zero-order chi connectivity index (χ0) is 17.2. The lowest BCUT2D eigenvalue weighted by atomic mass is 9.72. The van der Waals surface area contributed by atoms with Gasteiger partial charge in [0.2, 0.25) is 5.91 Å². The molecule has 1 aliphatic rings. The molecule has 0 saturated carbocycles.